The van der Waals surface area contributed by atoms with Gasteiger partial charge in [-0.25, -0.2) is 4.98 Å². The Morgan fingerprint density at radius 3 is 2.93 bits per heavy atom. The summed E-state index contributed by atoms with van der Waals surface area (Å²) < 4.78 is 3.77. The molecule has 152 valence electrons. The highest BCUT2D eigenvalue weighted by Gasteiger charge is 2.38. The van der Waals surface area contributed by atoms with Gasteiger partial charge in [0.25, 0.3) is 5.91 Å². The number of aryl methyl sites for hydroxylation is 2. The zero-order chi connectivity index (χ0) is 20.2. The van der Waals surface area contributed by atoms with Crippen molar-refractivity contribution in [3.05, 3.63) is 52.4 Å². The first-order valence-corrected chi connectivity index (χ1v) is 11.1. The summed E-state index contributed by atoms with van der Waals surface area (Å²) in [5.41, 5.74) is 4.04. The van der Waals surface area contributed by atoms with Crippen LogP contribution in [0.2, 0.25) is 0 Å². The van der Waals surface area contributed by atoms with Crippen molar-refractivity contribution in [2.75, 3.05) is 6.54 Å². The fourth-order valence-electron chi connectivity index (χ4n) is 4.91. The molecule has 1 fully saturated rings. The minimum Gasteiger partial charge on any atom is -0.329 e. The zero-order valence-electron chi connectivity index (χ0n) is 16.7. The summed E-state index contributed by atoms with van der Waals surface area (Å²) in [6, 6.07) is 8.12. The Morgan fingerprint density at radius 2 is 2.10 bits per heavy atom. The number of benzene rings is 1. The molecule has 0 bridgehead atoms. The maximum absolute atomic E-state index is 13.9. The number of aromatic nitrogens is 6. The van der Waals surface area contributed by atoms with Crippen LogP contribution in [0.4, 0.5) is 0 Å². The summed E-state index contributed by atoms with van der Waals surface area (Å²) in [5, 5.41) is 12.5. The summed E-state index contributed by atoms with van der Waals surface area (Å²) in [5.74, 6) is 1.03. The highest BCUT2D eigenvalue weighted by Crippen LogP contribution is 2.41. The molecule has 4 aromatic rings. The van der Waals surface area contributed by atoms with Gasteiger partial charge in [0, 0.05) is 18.5 Å². The Morgan fingerprint density at radius 1 is 1.20 bits per heavy atom. The minimum atomic E-state index is -0.0198. The maximum Gasteiger partial charge on any atom is 0.257 e. The van der Waals surface area contributed by atoms with E-state index in [-0.39, 0.29) is 11.9 Å². The molecule has 6 rings (SSSR count). The molecular weight excluding hydrogens is 398 g/mol. The Labute approximate surface area is 177 Å². The van der Waals surface area contributed by atoms with Crippen molar-refractivity contribution in [1.29, 1.82) is 0 Å². The molecule has 4 heterocycles. The van der Waals surface area contributed by atoms with Crippen LogP contribution in [0.3, 0.4) is 0 Å². The third kappa shape index (κ3) is 2.54. The molecule has 9 heteroatoms. The number of imidazole rings is 1. The third-order valence-corrected chi connectivity index (χ3v) is 7.59. The van der Waals surface area contributed by atoms with Crippen molar-refractivity contribution in [3.63, 3.8) is 0 Å². The van der Waals surface area contributed by atoms with E-state index in [1.165, 1.54) is 10.4 Å². The van der Waals surface area contributed by atoms with E-state index < -0.39 is 0 Å². The Bertz CT molecular complexity index is 1260. The van der Waals surface area contributed by atoms with Crippen molar-refractivity contribution in [1.82, 2.24) is 34.7 Å². The summed E-state index contributed by atoms with van der Waals surface area (Å²) in [6.07, 6.45) is 6.55. The molecule has 1 aliphatic heterocycles. The standard InChI is InChI=1S/C21H21N7OS/c1-26-15-8-3-2-7-14(15)23-19(26)16-9-5-11-27(16)20(29)18-13-6-4-10-17(13)30-21(18)28-12-22-24-25-28/h2-3,7-8,12,16H,4-6,9-11H2,1H3/t16-/m0/s1. The van der Waals surface area contributed by atoms with Gasteiger partial charge in [-0.15, -0.1) is 16.4 Å². The number of thiophene rings is 1. The van der Waals surface area contributed by atoms with Gasteiger partial charge in [0.15, 0.2) is 0 Å². The summed E-state index contributed by atoms with van der Waals surface area (Å²) in [7, 11) is 2.04. The first-order chi connectivity index (χ1) is 14.7. The molecule has 0 saturated carbocycles. The van der Waals surface area contributed by atoms with E-state index >= 15 is 0 Å². The fraction of sp³-hybridized carbons (Fsp3) is 0.381. The number of para-hydroxylation sites is 2. The van der Waals surface area contributed by atoms with Gasteiger partial charge in [-0.2, -0.15) is 4.68 Å². The lowest BCUT2D eigenvalue weighted by molar-refractivity contribution is 0.0728. The Balaban J connectivity index is 1.43. The largest absolute Gasteiger partial charge is 0.329 e. The zero-order valence-corrected chi connectivity index (χ0v) is 17.5. The molecule has 1 aromatic carbocycles. The molecule has 1 saturated heterocycles. The number of hydrogen-bond donors (Lipinski definition) is 0. The van der Waals surface area contributed by atoms with Crippen LogP contribution >= 0.6 is 11.3 Å². The van der Waals surface area contributed by atoms with Gasteiger partial charge in [0.05, 0.1) is 22.6 Å². The number of fused-ring (bicyclic) bond motifs is 2. The van der Waals surface area contributed by atoms with E-state index in [0.717, 1.165) is 66.1 Å². The lowest BCUT2D eigenvalue weighted by atomic mass is 10.1. The van der Waals surface area contributed by atoms with E-state index in [4.69, 9.17) is 4.98 Å². The van der Waals surface area contributed by atoms with Crippen LogP contribution < -0.4 is 0 Å². The van der Waals surface area contributed by atoms with Crippen LogP contribution in [-0.4, -0.2) is 47.1 Å². The molecule has 0 unspecified atom stereocenters. The number of likely N-dealkylation sites (tertiary alicyclic amines) is 1. The quantitative estimate of drug-likeness (QED) is 0.510. The van der Waals surface area contributed by atoms with Crippen LogP contribution in [0.25, 0.3) is 16.0 Å². The lowest BCUT2D eigenvalue weighted by Gasteiger charge is -2.25. The molecule has 0 spiro atoms. The second-order valence-electron chi connectivity index (χ2n) is 7.97. The first-order valence-electron chi connectivity index (χ1n) is 10.3. The van der Waals surface area contributed by atoms with Gasteiger partial charge in [-0.05, 0) is 60.2 Å². The van der Waals surface area contributed by atoms with Gasteiger partial charge in [0.2, 0.25) is 0 Å². The number of nitrogens with zero attached hydrogens (tertiary/aromatic N) is 7. The second-order valence-corrected chi connectivity index (χ2v) is 9.05. The third-order valence-electron chi connectivity index (χ3n) is 6.31. The van der Waals surface area contributed by atoms with E-state index in [9.17, 15) is 4.79 Å². The molecule has 3 aromatic heterocycles. The number of rotatable bonds is 3. The highest BCUT2D eigenvalue weighted by molar-refractivity contribution is 7.15. The van der Waals surface area contributed by atoms with E-state index in [0.29, 0.717) is 0 Å². The van der Waals surface area contributed by atoms with Crippen LogP contribution in [0.5, 0.6) is 0 Å². The number of hydrogen-bond acceptors (Lipinski definition) is 6. The van der Waals surface area contributed by atoms with Crippen LogP contribution in [0.15, 0.2) is 30.6 Å². The summed E-state index contributed by atoms with van der Waals surface area (Å²) in [6.45, 7) is 0.742. The SMILES string of the molecule is Cn1c([C@@H]2CCCN2C(=O)c2c(-n3cnnn3)sc3c2CCC3)nc2ccccc21. The number of amides is 1. The normalized spacial score (nSPS) is 18.4. The number of tetrazole rings is 1. The average Bonchev–Trinajstić information content (AvgIpc) is 3.55. The van der Waals surface area contributed by atoms with Crippen LogP contribution in [0, 0.1) is 0 Å². The number of carbonyl (C=O) groups is 1. The molecule has 1 amide bonds. The maximum atomic E-state index is 13.9. The van der Waals surface area contributed by atoms with Gasteiger partial charge in [0.1, 0.15) is 17.2 Å². The fourth-order valence-corrected chi connectivity index (χ4v) is 6.21. The van der Waals surface area contributed by atoms with Crippen molar-refractivity contribution < 1.29 is 4.79 Å². The van der Waals surface area contributed by atoms with Gasteiger partial charge in [-0.3, -0.25) is 4.79 Å². The van der Waals surface area contributed by atoms with Crippen molar-refractivity contribution >= 4 is 28.3 Å². The number of carbonyl (C=O) groups excluding carboxylic acids is 1. The molecule has 0 radical (unpaired) electrons. The van der Waals surface area contributed by atoms with E-state index in [2.05, 4.69) is 26.2 Å². The highest BCUT2D eigenvalue weighted by atomic mass is 32.1. The molecule has 0 N–H and O–H groups in total. The molecular formula is C21H21N7OS. The van der Waals surface area contributed by atoms with Gasteiger partial charge in [-0.1, -0.05) is 12.1 Å². The Kier molecular flexibility index (Phi) is 3.98. The Hall–Kier alpha value is -3.07. The van der Waals surface area contributed by atoms with Crippen molar-refractivity contribution in [2.45, 2.75) is 38.1 Å². The lowest BCUT2D eigenvalue weighted by Crippen LogP contribution is -2.32. The van der Waals surface area contributed by atoms with E-state index in [1.54, 1.807) is 22.3 Å². The smallest absolute Gasteiger partial charge is 0.257 e. The molecule has 8 nitrogen and oxygen atoms in total. The van der Waals surface area contributed by atoms with Gasteiger partial charge < -0.3 is 9.47 Å². The molecule has 1 atom stereocenters. The first kappa shape index (κ1) is 17.8. The predicted molar refractivity (Wildman–Crippen MR) is 113 cm³/mol. The minimum absolute atomic E-state index is 0.0198. The van der Waals surface area contributed by atoms with E-state index in [1.807, 2.05) is 30.1 Å². The molecule has 1 aliphatic carbocycles. The van der Waals surface area contributed by atoms with Crippen LogP contribution in [-0.2, 0) is 19.9 Å². The van der Waals surface area contributed by atoms with Crippen molar-refractivity contribution in [2.24, 2.45) is 7.05 Å². The second kappa shape index (κ2) is 6.73. The van der Waals surface area contributed by atoms with Gasteiger partial charge >= 0.3 is 0 Å². The monoisotopic (exact) mass is 419 g/mol. The average molecular weight is 420 g/mol. The van der Waals surface area contributed by atoms with Crippen LogP contribution in [0.1, 0.15) is 51.9 Å². The predicted octanol–water partition coefficient (Wildman–Crippen LogP) is 3.08. The molecule has 30 heavy (non-hydrogen) atoms. The van der Waals surface area contributed by atoms with Crippen molar-refractivity contribution in [3.8, 4) is 5.00 Å². The molecule has 2 aliphatic rings. The summed E-state index contributed by atoms with van der Waals surface area (Å²) in [4.78, 5) is 22.1. The topological polar surface area (TPSA) is 81.7 Å². The summed E-state index contributed by atoms with van der Waals surface area (Å²) >= 11 is 1.65.